The molecule has 3 aliphatic rings. The molecule has 0 atom stereocenters. The zero-order chi connectivity index (χ0) is 24.7. The predicted octanol–water partition coefficient (Wildman–Crippen LogP) is 6.10. The fourth-order valence-electron chi connectivity index (χ4n) is 5.82. The van der Waals surface area contributed by atoms with Gasteiger partial charge >= 0.3 is 0 Å². The van der Waals surface area contributed by atoms with E-state index < -0.39 is 5.41 Å². The third kappa shape index (κ3) is 3.83. The van der Waals surface area contributed by atoms with Crippen LogP contribution in [-0.4, -0.2) is 39.6 Å². The lowest BCUT2D eigenvalue weighted by Gasteiger charge is -2.34. The number of hydrogen-bond donors (Lipinski definition) is 0. The van der Waals surface area contributed by atoms with Crippen LogP contribution in [0.15, 0.2) is 97.1 Å². The van der Waals surface area contributed by atoms with Crippen molar-refractivity contribution >= 4 is 0 Å². The van der Waals surface area contributed by atoms with Crippen LogP contribution in [0, 0.1) is 11.8 Å². The molecule has 0 N–H and O–H groups in total. The Morgan fingerprint density at radius 1 is 0.541 bits per heavy atom. The molecule has 0 amide bonds. The molecule has 0 spiro atoms. The van der Waals surface area contributed by atoms with Gasteiger partial charge in [0.05, 0.1) is 45.1 Å². The molecule has 2 heterocycles. The molecule has 186 valence electrons. The Bertz CT molecular complexity index is 1280. The van der Waals surface area contributed by atoms with Crippen molar-refractivity contribution in [3.05, 3.63) is 119 Å². The summed E-state index contributed by atoms with van der Waals surface area (Å²) in [6.45, 7) is 4.58. The summed E-state index contributed by atoms with van der Waals surface area (Å²) >= 11 is 0. The van der Waals surface area contributed by atoms with Gasteiger partial charge in [-0.3, -0.25) is 0 Å². The van der Waals surface area contributed by atoms with E-state index in [1.807, 2.05) is 0 Å². The second kappa shape index (κ2) is 9.37. The van der Waals surface area contributed by atoms with E-state index in [4.69, 9.17) is 18.9 Å². The van der Waals surface area contributed by atoms with E-state index in [9.17, 15) is 0 Å². The van der Waals surface area contributed by atoms with E-state index in [0.29, 0.717) is 25.0 Å². The highest BCUT2D eigenvalue weighted by Crippen LogP contribution is 2.56. The van der Waals surface area contributed by atoms with E-state index in [1.54, 1.807) is 0 Å². The molecule has 4 aromatic rings. The van der Waals surface area contributed by atoms with E-state index in [2.05, 4.69) is 97.1 Å². The van der Waals surface area contributed by atoms with Crippen molar-refractivity contribution in [1.82, 2.24) is 0 Å². The Balaban J connectivity index is 1.30. The van der Waals surface area contributed by atoms with Gasteiger partial charge in [0.15, 0.2) is 0 Å². The standard InChI is InChI=1S/C33H30O4/c1-3-7-31-29(5-1)30-6-2-4-8-32(30)33(31,25-9-13-27(14-10-25)36-21-23-17-34-18-23)26-11-15-28(16-12-26)37-22-24-19-35-20-24/h1-16,23-24H,17-22H2. The van der Waals surface area contributed by atoms with Crippen molar-refractivity contribution in [2.45, 2.75) is 5.41 Å². The van der Waals surface area contributed by atoms with Crippen LogP contribution in [0.2, 0.25) is 0 Å². The summed E-state index contributed by atoms with van der Waals surface area (Å²) in [5.41, 5.74) is 7.21. The van der Waals surface area contributed by atoms with Crippen LogP contribution >= 0.6 is 0 Å². The van der Waals surface area contributed by atoms with Crippen LogP contribution < -0.4 is 9.47 Å². The molecular formula is C33H30O4. The highest BCUT2D eigenvalue weighted by molar-refractivity contribution is 5.86. The van der Waals surface area contributed by atoms with Crippen LogP contribution in [0.4, 0.5) is 0 Å². The van der Waals surface area contributed by atoms with Gasteiger partial charge in [-0.25, -0.2) is 0 Å². The Kier molecular flexibility index (Phi) is 5.72. The number of fused-ring (bicyclic) bond motifs is 3. The molecule has 2 aliphatic heterocycles. The maximum Gasteiger partial charge on any atom is 0.119 e. The monoisotopic (exact) mass is 490 g/mol. The number of hydrogen-bond acceptors (Lipinski definition) is 4. The topological polar surface area (TPSA) is 36.9 Å². The summed E-state index contributed by atoms with van der Waals surface area (Å²) < 4.78 is 22.7. The molecule has 4 nitrogen and oxygen atoms in total. The lowest BCUT2D eigenvalue weighted by atomic mass is 9.68. The Morgan fingerprint density at radius 2 is 0.946 bits per heavy atom. The van der Waals surface area contributed by atoms with Gasteiger partial charge in [0, 0.05) is 11.8 Å². The maximum absolute atomic E-state index is 6.08. The smallest absolute Gasteiger partial charge is 0.119 e. The minimum atomic E-state index is -0.423. The summed E-state index contributed by atoms with van der Waals surface area (Å²) in [4.78, 5) is 0. The zero-order valence-electron chi connectivity index (χ0n) is 20.8. The molecule has 7 rings (SSSR count). The van der Waals surface area contributed by atoms with Gasteiger partial charge in [0.2, 0.25) is 0 Å². The average molecular weight is 491 g/mol. The Hall–Kier alpha value is -3.60. The van der Waals surface area contributed by atoms with Crippen LogP contribution in [0.5, 0.6) is 11.5 Å². The fourth-order valence-corrected chi connectivity index (χ4v) is 5.82. The van der Waals surface area contributed by atoms with Crippen LogP contribution in [0.1, 0.15) is 22.3 Å². The lowest BCUT2D eigenvalue weighted by molar-refractivity contribution is -0.0509. The summed E-state index contributed by atoms with van der Waals surface area (Å²) in [6, 6.07) is 35.0. The van der Waals surface area contributed by atoms with E-state index in [-0.39, 0.29) is 0 Å². The van der Waals surface area contributed by atoms with Crippen LogP contribution in [0.3, 0.4) is 0 Å². The first-order valence-corrected chi connectivity index (χ1v) is 13.1. The van der Waals surface area contributed by atoms with Crippen LogP contribution in [-0.2, 0) is 14.9 Å². The minimum Gasteiger partial charge on any atom is -0.493 e. The van der Waals surface area contributed by atoms with E-state index in [0.717, 1.165) is 37.9 Å². The van der Waals surface area contributed by atoms with Crippen molar-refractivity contribution < 1.29 is 18.9 Å². The van der Waals surface area contributed by atoms with Gasteiger partial charge in [0.25, 0.3) is 0 Å². The molecule has 0 bridgehead atoms. The molecule has 2 fully saturated rings. The first kappa shape index (κ1) is 22.6. The second-order valence-electron chi connectivity index (χ2n) is 10.3. The van der Waals surface area contributed by atoms with E-state index in [1.165, 1.54) is 33.4 Å². The van der Waals surface area contributed by atoms with Crippen molar-refractivity contribution in [3.63, 3.8) is 0 Å². The largest absolute Gasteiger partial charge is 0.493 e. The third-order valence-corrected chi connectivity index (χ3v) is 7.91. The molecule has 0 radical (unpaired) electrons. The first-order chi connectivity index (χ1) is 18.3. The molecule has 2 saturated heterocycles. The highest BCUT2D eigenvalue weighted by Gasteiger charge is 2.45. The predicted molar refractivity (Wildman–Crippen MR) is 143 cm³/mol. The van der Waals surface area contributed by atoms with Gasteiger partial charge in [-0.2, -0.15) is 0 Å². The SMILES string of the molecule is c1ccc2c(c1)-c1ccccc1C2(c1ccc(OCC2COC2)cc1)c1ccc(OCC2COC2)cc1. The van der Waals surface area contributed by atoms with Crippen molar-refractivity contribution in [1.29, 1.82) is 0 Å². The Morgan fingerprint density at radius 3 is 1.32 bits per heavy atom. The summed E-state index contributed by atoms with van der Waals surface area (Å²) in [6.07, 6.45) is 0. The molecule has 1 aliphatic carbocycles. The first-order valence-electron chi connectivity index (χ1n) is 13.1. The maximum atomic E-state index is 6.08. The average Bonchev–Trinajstić information content (AvgIpc) is 3.19. The minimum absolute atomic E-state index is 0.423. The summed E-state index contributed by atoms with van der Waals surface area (Å²) in [5.74, 6) is 2.79. The highest BCUT2D eigenvalue weighted by atomic mass is 16.5. The Labute approximate surface area is 217 Å². The van der Waals surface area contributed by atoms with Gasteiger partial charge in [-0.1, -0.05) is 72.8 Å². The van der Waals surface area contributed by atoms with Gasteiger partial charge < -0.3 is 18.9 Å². The number of rotatable bonds is 8. The van der Waals surface area contributed by atoms with Gasteiger partial charge in [0.1, 0.15) is 11.5 Å². The van der Waals surface area contributed by atoms with E-state index >= 15 is 0 Å². The summed E-state index contributed by atoms with van der Waals surface area (Å²) in [7, 11) is 0. The zero-order valence-corrected chi connectivity index (χ0v) is 20.8. The summed E-state index contributed by atoms with van der Waals surface area (Å²) in [5, 5.41) is 0. The quantitative estimate of drug-likeness (QED) is 0.263. The second-order valence-corrected chi connectivity index (χ2v) is 10.3. The normalized spacial score (nSPS) is 17.8. The third-order valence-electron chi connectivity index (χ3n) is 7.91. The van der Waals surface area contributed by atoms with Gasteiger partial charge in [-0.05, 0) is 57.6 Å². The van der Waals surface area contributed by atoms with Crippen molar-refractivity contribution in [3.8, 4) is 22.6 Å². The lowest BCUT2D eigenvalue weighted by Crippen LogP contribution is -2.32. The molecule has 0 saturated carbocycles. The molecule has 4 aromatic carbocycles. The van der Waals surface area contributed by atoms with Crippen LogP contribution in [0.25, 0.3) is 11.1 Å². The molecule has 37 heavy (non-hydrogen) atoms. The molecular weight excluding hydrogens is 460 g/mol. The number of benzene rings is 4. The number of ether oxygens (including phenoxy) is 4. The molecule has 0 aromatic heterocycles. The fraction of sp³-hybridized carbons (Fsp3) is 0.273. The van der Waals surface area contributed by atoms with Gasteiger partial charge in [-0.15, -0.1) is 0 Å². The van der Waals surface area contributed by atoms with Crippen molar-refractivity contribution in [2.24, 2.45) is 11.8 Å². The van der Waals surface area contributed by atoms with Crippen molar-refractivity contribution in [2.75, 3.05) is 39.6 Å². The molecule has 4 heteroatoms. The molecule has 0 unspecified atom stereocenters.